The van der Waals surface area contributed by atoms with Gasteiger partial charge in [0, 0.05) is 16.8 Å². The van der Waals surface area contributed by atoms with Crippen LogP contribution in [-0.2, 0) is 0 Å². The van der Waals surface area contributed by atoms with E-state index >= 15 is 0 Å². The topological polar surface area (TPSA) is 74.2 Å². The van der Waals surface area contributed by atoms with Crippen LogP contribution in [0.5, 0.6) is 5.75 Å². The molecule has 4 rings (SSSR count). The zero-order chi connectivity index (χ0) is 15.8. The Hall–Kier alpha value is -3.08. The molecule has 0 aliphatic carbocycles. The van der Waals surface area contributed by atoms with Crippen molar-refractivity contribution in [2.24, 2.45) is 0 Å². The molecule has 0 saturated carbocycles. The molecule has 5 nitrogen and oxygen atoms in total. The second kappa shape index (κ2) is 5.28. The number of nitrogens with two attached hydrogens (primary N) is 1. The second-order valence-corrected chi connectivity index (χ2v) is 5.54. The van der Waals surface area contributed by atoms with Crippen molar-refractivity contribution in [2.45, 2.75) is 6.92 Å². The molecule has 114 valence electrons. The fraction of sp³-hybridized carbons (Fsp3) is 0.111. The van der Waals surface area contributed by atoms with Gasteiger partial charge in [0.1, 0.15) is 12.4 Å². The highest BCUT2D eigenvalue weighted by Gasteiger charge is 2.18. The number of aromatic nitrogens is 2. The highest BCUT2D eigenvalue weighted by Crippen LogP contribution is 2.31. The van der Waals surface area contributed by atoms with Crippen LogP contribution < -0.4 is 10.5 Å². The van der Waals surface area contributed by atoms with Gasteiger partial charge in [-0.05, 0) is 43.3 Å². The summed E-state index contributed by atoms with van der Waals surface area (Å²) >= 11 is 0. The monoisotopic (exact) mass is 305 g/mol. The van der Waals surface area contributed by atoms with Gasteiger partial charge in [-0.3, -0.25) is 0 Å². The smallest absolute Gasteiger partial charge is 0.248 e. The van der Waals surface area contributed by atoms with Crippen LogP contribution in [0.4, 0.5) is 5.69 Å². The molecule has 1 aromatic heterocycles. The molecule has 5 heteroatoms. The molecule has 0 unspecified atom stereocenters. The Morgan fingerprint density at radius 1 is 1.04 bits per heavy atom. The first kappa shape index (κ1) is 13.6. The third-order valence-corrected chi connectivity index (χ3v) is 3.71. The van der Waals surface area contributed by atoms with E-state index < -0.39 is 0 Å². The van der Waals surface area contributed by atoms with E-state index in [9.17, 15) is 0 Å². The molecule has 0 radical (unpaired) electrons. The summed E-state index contributed by atoms with van der Waals surface area (Å²) in [4.78, 5) is 0. The van der Waals surface area contributed by atoms with Crippen molar-refractivity contribution in [2.75, 3.05) is 12.3 Å². The Bertz CT molecular complexity index is 912. The number of benzene rings is 2. The molecule has 0 atom stereocenters. The molecular formula is C18H15N3O2. The quantitative estimate of drug-likeness (QED) is 0.733. The molecule has 0 saturated heterocycles. The molecule has 0 bridgehead atoms. The van der Waals surface area contributed by atoms with E-state index in [1.54, 1.807) is 0 Å². The van der Waals surface area contributed by atoms with E-state index in [0.717, 1.165) is 22.4 Å². The van der Waals surface area contributed by atoms with E-state index in [2.05, 4.69) is 16.3 Å². The van der Waals surface area contributed by atoms with Crippen LogP contribution in [0.2, 0.25) is 0 Å². The maximum Gasteiger partial charge on any atom is 0.248 e. The normalized spacial score (nSPS) is 13.2. The summed E-state index contributed by atoms with van der Waals surface area (Å²) in [6.45, 7) is 2.46. The number of hydrogen-bond acceptors (Lipinski definition) is 5. The molecule has 0 amide bonds. The minimum absolute atomic E-state index is 0.411. The van der Waals surface area contributed by atoms with Gasteiger partial charge in [-0.2, -0.15) is 0 Å². The lowest BCUT2D eigenvalue weighted by Gasteiger charge is -2.16. The Morgan fingerprint density at radius 3 is 2.78 bits per heavy atom. The second-order valence-electron chi connectivity index (χ2n) is 5.54. The van der Waals surface area contributed by atoms with Crippen LogP contribution in [0, 0.1) is 6.92 Å². The van der Waals surface area contributed by atoms with Crippen LogP contribution in [0.15, 0.2) is 46.9 Å². The fourth-order valence-corrected chi connectivity index (χ4v) is 2.56. The lowest BCUT2D eigenvalue weighted by molar-refractivity contribution is 0.361. The molecule has 23 heavy (non-hydrogen) atoms. The van der Waals surface area contributed by atoms with Gasteiger partial charge in [0.25, 0.3) is 0 Å². The average molecular weight is 305 g/mol. The van der Waals surface area contributed by atoms with Crippen molar-refractivity contribution >= 4 is 17.3 Å². The van der Waals surface area contributed by atoms with Gasteiger partial charge in [-0.15, -0.1) is 10.2 Å². The lowest BCUT2D eigenvalue weighted by atomic mass is 10.1. The standard InChI is InChI=1S/C18H15N3O2/c1-11-5-6-16-13(7-11)8-14(10-22-16)18-21-20-17(23-18)12-3-2-4-15(19)9-12/h2-9H,10,19H2,1H3. The zero-order valence-corrected chi connectivity index (χ0v) is 12.6. The Balaban J connectivity index is 1.70. The van der Waals surface area contributed by atoms with Gasteiger partial charge in [-0.25, -0.2) is 0 Å². The largest absolute Gasteiger partial charge is 0.488 e. The van der Waals surface area contributed by atoms with Gasteiger partial charge in [-0.1, -0.05) is 17.7 Å². The number of nitrogens with zero attached hydrogens (tertiary/aromatic N) is 2. The molecule has 2 aromatic carbocycles. The molecule has 0 spiro atoms. The summed E-state index contributed by atoms with van der Waals surface area (Å²) in [5.41, 5.74) is 10.3. The molecule has 2 heterocycles. The molecular weight excluding hydrogens is 290 g/mol. The first-order valence-corrected chi connectivity index (χ1v) is 7.33. The molecule has 3 aromatic rings. The summed E-state index contributed by atoms with van der Waals surface area (Å²) in [5, 5.41) is 8.24. The van der Waals surface area contributed by atoms with Crippen LogP contribution >= 0.6 is 0 Å². The number of nitrogen functional groups attached to an aromatic ring is 1. The van der Waals surface area contributed by atoms with Crippen molar-refractivity contribution in [3.63, 3.8) is 0 Å². The zero-order valence-electron chi connectivity index (χ0n) is 12.6. The van der Waals surface area contributed by atoms with E-state index in [1.165, 1.54) is 5.56 Å². The fourth-order valence-electron chi connectivity index (χ4n) is 2.56. The van der Waals surface area contributed by atoms with Crippen LogP contribution in [-0.4, -0.2) is 16.8 Å². The first-order chi connectivity index (χ1) is 11.2. The summed E-state index contributed by atoms with van der Waals surface area (Å²) < 4.78 is 11.5. The number of ether oxygens (including phenoxy) is 1. The van der Waals surface area contributed by atoms with Crippen molar-refractivity contribution in [3.05, 3.63) is 59.5 Å². The third-order valence-electron chi connectivity index (χ3n) is 3.71. The highest BCUT2D eigenvalue weighted by molar-refractivity contribution is 5.83. The molecule has 1 aliphatic heterocycles. The van der Waals surface area contributed by atoms with Crippen molar-refractivity contribution in [1.29, 1.82) is 0 Å². The summed E-state index contributed by atoms with van der Waals surface area (Å²) in [7, 11) is 0. The minimum Gasteiger partial charge on any atom is -0.488 e. The van der Waals surface area contributed by atoms with E-state index in [0.29, 0.717) is 24.1 Å². The summed E-state index contributed by atoms with van der Waals surface area (Å²) in [5.74, 6) is 1.78. The van der Waals surface area contributed by atoms with Gasteiger partial charge in [0.05, 0.1) is 5.57 Å². The van der Waals surface area contributed by atoms with Crippen molar-refractivity contribution < 1.29 is 9.15 Å². The maximum atomic E-state index is 5.79. The summed E-state index contributed by atoms with van der Waals surface area (Å²) in [6, 6.07) is 13.4. The van der Waals surface area contributed by atoms with Gasteiger partial charge in [0.15, 0.2) is 0 Å². The predicted molar refractivity (Wildman–Crippen MR) is 88.7 cm³/mol. The van der Waals surface area contributed by atoms with Crippen LogP contribution in [0.3, 0.4) is 0 Å². The Labute approximate surface area is 133 Å². The minimum atomic E-state index is 0.411. The van der Waals surface area contributed by atoms with E-state index in [-0.39, 0.29) is 0 Å². The first-order valence-electron chi connectivity index (χ1n) is 7.33. The molecule has 0 fully saturated rings. The highest BCUT2D eigenvalue weighted by atomic mass is 16.5. The van der Waals surface area contributed by atoms with Gasteiger partial charge < -0.3 is 14.9 Å². The SMILES string of the molecule is Cc1ccc2c(c1)C=C(c1nnc(-c3cccc(N)c3)o1)CO2. The number of fused-ring (bicyclic) bond motifs is 1. The van der Waals surface area contributed by atoms with Gasteiger partial charge in [0.2, 0.25) is 11.8 Å². The maximum absolute atomic E-state index is 5.79. The number of aryl methyl sites for hydroxylation is 1. The van der Waals surface area contributed by atoms with Gasteiger partial charge >= 0.3 is 0 Å². The Morgan fingerprint density at radius 2 is 1.91 bits per heavy atom. The number of anilines is 1. The Kier molecular flexibility index (Phi) is 3.12. The number of hydrogen-bond donors (Lipinski definition) is 1. The molecule has 1 aliphatic rings. The lowest BCUT2D eigenvalue weighted by Crippen LogP contribution is -2.07. The van der Waals surface area contributed by atoms with Crippen molar-refractivity contribution in [3.8, 4) is 17.2 Å². The van der Waals surface area contributed by atoms with E-state index in [1.807, 2.05) is 49.4 Å². The molecule has 2 N–H and O–H groups in total. The number of rotatable bonds is 2. The van der Waals surface area contributed by atoms with E-state index in [4.69, 9.17) is 14.9 Å². The van der Waals surface area contributed by atoms with Crippen molar-refractivity contribution in [1.82, 2.24) is 10.2 Å². The predicted octanol–water partition coefficient (Wildman–Crippen LogP) is 3.56. The average Bonchev–Trinajstić information content (AvgIpc) is 3.04. The third kappa shape index (κ3) is 2.57. The van der Waals surface area contributed by atoms with Crippen LogP contribution in [0.25, 0.3) is 23.1 Å². The van der Waals surface area contributed by atoms with Crippen LogP contribution in [0.1, 0.15) is 17.0 Å². The summed E-state index contributed by atoms with van der Waals surface area (Å²) in [6.07, 6.45) is 2.03.